The molecule has 1 aliphatic carbocycles. The molecule has 1 aliphatic heterocycles. The summed E-state index contributed by atoms with van der Waals surface area (Å²) < 4.78 is 0. The van der Waals surface area contributed by atoms with E-state index in [0.29, 0.717) is 19.5 Å². The molecule has 1 atom stereocenters. The molecule has 5 nitrogen and oxygen atoms in total. The summed E-state index contributed by atoms with van der Waals surface area (Å²) in [4.78, 5) is 25.9. The van der Waals surface area contributed by atoms with Crippen LogP contribution in [0.3, 0.4) is 0 Å². The lowest BCUT2D eigenvalue weighted by Crippen LogP contribution is -2.46. The smallest absolute Gasteiger partial charge is 0.224 e. The third kappa shape index (κ3) is 3.72. The van der Waals surface area contributed by atoms with Gasteiger partial charge in [-0.1, -0.05) is 6.92 Å². The minimum atomic E-state index is -0.0842. The molecule has 0 bridgehead atoms. The van der Waals surface area contributed by atoms with Crippen molar-refractivity contribution in [1.82, 2.24) is 10.2 Å². The first-order chi connectivity index (χ1) is 9.60. The van der Waals surface area contributed by atoms with Crippen LogP contribution in [0, 0.1) is 11.3 Å². The normalized spacial score (nSPS) is 24.3. The molecule has 2 rings (SSSR count). The van der Waals surface area contributed by atoms with Crippen molar-refractivity contribution in [2.24, 2.45) is 11.3 Å². The van der Waals surface area contributed by atoms with E-state index in [-0.39, 0.29) is 29.8 Å². The number of carbonyl (C=O) groups excluding carboxylic acids is 2. The predicted octanol–water partition coefficient (Wildman–Crippen LogP) is 0.914. The quantitative estimate of drug-likeness (QED) is 0.761. The third-order valence-corrected chi connectivity index (χ3v) is 4.54. The summed E-state index contributed by atoms with van der Waals surface area (Å²) in [5.74, 6) is 0.122. The second-order valence-electron chi connectivity index (χ2n) is 6.30. The van der Waals surface area contributed by atoms with E-state index in [1.165, 1.54) is 0 Å². The highest BCUT2D eigenvalue weighted by atomic mass is 16.3. The van der Waals surface area contributed by atoms with E-state index in [9.17, 15) is 14.7 Å². The Kier molecular flexibility index (Phi) is 5.02. The van der Waals surface area contributed by atoms with E-state index in [1.54, 1.807) is 0 Å². The first-order valence-corrected chi connectivity index (χ1v) is 7.76. The minimum Gasteiger partial charge on any atom is -0.396 e. The predicted molar refractivity (Wildman–Crippen MR) is 76.0 cm³/mol. The molecule has 114 valence electrons. The Morgan fingerprint density at radius 1 is 1.40 bits per heavy atom. The van der Waals surface area contributed by atoms with E-state index in [2.05, 4.69) is 5.32 Å². The summed E-state index contributed by atoms with van der Waals surface area (Å²) in [6.45, 7) is 4.05. The molecular formula is C15H26N2O3. The van der Waals surface area contributed by atoms with Crippen molar-refractivity contribution < 1.29 is 14.7 Å². The van der Waals surface area contributed by atoms with Crippen LogP contribution in [0.1, 0.15) is 45.4 Å². The Balaban J connectivity index is 1.79. The number of nitrogens with one attached hydrogen (secondary N) is 1. The van der Waals surface area contributed by atoms with Gasteiger partial charge in [-0.15, -0.1) is 0 Å². The van der Waals surface area contributed by atoms with Crippen molar-refractivity contribution in [3.8, 4) is 0 Å². The van der Waals surface area contributed by atoms with Gasteiger partial charge in [-0.25, -0.2) is 0 Å². The summed E-state index contributed by atoms with van der Waals surface area (Å²) in [7, 11) is 0. The zero-order valence-electron chi connectivity index (χ0n) is 12.4. The molecule has 0 aromatic carbocycles. The van der Waals surface area contributed by atoms with Gasteiger partial charge < -0.3 is 15.3 Å². The largest absolute Gasteiger partial charge is 0.396 e. The average Bonchev–Trinajstić information content (AvgIpc) is 3.26. The first kappa shape index (κ1) is 15.3. The molecule has 2 fully saturated rings. The number of aliphatic hydroxyl groups excluding tert-OH is 1. The minimum absolute atomic E-state index is 0.0405. The fourth-order valence-corrected chi connectivity index (χ4v) is 2.78. The third-order valence-electron chi connectivity index (χ3n) is 4.54. The highest BCUT2D eigenvalue weighted by molar-refractivity contribution is 5.81. The van der Waals surface area contributed by atoms with Crippen molar-refractivity contribution in [3.63, 3.8) is 0 Å². The summed E-state index contributed by atoms with van der Waals surface area (Å²) in [6.07, 6.45) is 5.17. The lowest BCUT2D eigenvalue weighted by atomic mass is 9.96. The molecule has 2 N–H and O–H groups in total. The summed E-state index contributed by atoms with van der Waals surface area (Å²) in [5, 5.41) is 12.2. The van der Waals surface area contributed by atoms with Crippen molar-refractivity contribution >= 4 is 11.8 Å². The van der Waals surface area contributed by atoms with Gasteiger partial charge >= 0.3 is 0 Å². The van der Waals surface area contributed by atoms with Crippen LogP contribution >= 0.6 is 0 Å². The van der Waals surface area contributed by atoms with Gasteiger partial charge in [0.05, 0.1) is 12.5 Å². The maximum Gasteiger partial charge on any atom is 0.224 e. The van der Waals surface area contributed by atoms with Gasteiger partial charge in [-0.3, -0.25) is 9.59 Å². The molecule has 20 heavy (non-hydrogen) atoms. The summed E-state index contributed by atoms with van der Waals surface area (Å²) >= 11 is 0. The Labute approximate surface area is 120 Å². The Bertz CT molecular complexity index is 366. The van der Waals surface area contributed by atoms with Gasteiger partial charge in [0.1, 0.15) is 0 Å². The summed E-state index contributed by atoms with van der Waals surface area (Å²) in [6, 6.07) is 0. The van der Waals surface area contributed by atoms with Gasteiger partial charge in [0, 0.05) is 31.5 Å². The van der Waals surface area contributed by atoms with Crippen LogP contribution in [-0.4, -0.2) is 48.1 Å². The first-order valence-electron chi connectivity index (χ1n) is 7.76. The molecule has 0 aromatic rings. The molecule has 5 heteroatoms. The van der Waals surface area contributed by atoms with Crippen molar-refractivity contribution in [2.75, 3.05) is 26.2 Å². The Morgan fingerprint density at radius 3 is 2.75 bits per heavy atom. The number of rotatable bonds is 6. The van der Waals surface area contributed by atoms with Crippen LogP contribution in [-0.2, 0) is 9.59 Å². The molecule has 1 saturated heterocycles. The van der Waals surface area contributed by atoms with E-state index in [1.807, 2.05) is 11.8 Å². The number of piperidine rings is 1. The van der Waals surface area contributed by atoms with E-state index in [4.69, 9.17) is 0 Å². The van der Waals surface area contributed by atoms with E-state index >= 15 is 0 Å². The van der Waals surface area contributed by atoms with Crippen LogP contribution in [0.5, 0.6) is 0 Å². The van der Waals surface area contributed by atoms with Gasteiger partial charge in [0.15, 0.2) is 0 Å². The molecular weight excluding hydrogens is 256 g/mol. The van der Waals surface area contributed by atoms with Crippen molar-refractivity contribution in [2.45, 2.75) is 45.4 Å². The van der Waals surface area contributed by atoms with Gasteiger partial charge in [0.25, 0.3) is 0 Å². The molecule has 1 heterocycles. The van der Waals surface area contributed by atoms with Crippen LogP contribution in [0.4, 0.5) is 0 Å². The molecule has 1 saturated carbocycles. The van der Waals surface area contributed by atoms with Crippen molar-refractivity contribution in [3.05, 3.63) is 0 Å². The number of aliphatic hydroxyl groups is 1. The maximum absolute atomic E-state index is 12.2. The van der Waals surface area contributed by atoms with Crippen LogP contribution in [0.15, 0.2) is 0 Å². The highest BCUT2D eigenvalue weighted by Gasteiger charge is 2.42. The van der Waals surface area contributed by atoms with Gasteiger partial charge in [-0.2, -0.15) is 0 Å². The zero-order chi connectivity index (χ0) is 14.6. The Morgan fingerprint density at radius 2 is 2.15 bits per heavy atom. The molecule has 0 radical (unpaired) electrons. The second kappa shape index (κ2) is 6.57. The van der Waals surface area contributed by atoms with Gasteiger partial charge in [-0.05, 0) is 32.1 Å². The standard InChI is InChI=1S/C15H26N2O3/c1-2-4-13(19)17-8-3-5-12(9-17)14(20)16-10-15(11-18)6-7-15/h12,18H,2-11H2,1H3,(H,16,20). The maximum atomic E-state index is 12.2. The lowest BCUT2D eigenvalue weighted by molar-refractivity contribution is -0.135. The molecule has 2 aliphatic rings. The summed E-state index contributed by atoms with van der Waals surface area (Å²) in [5.41, 5.74) is -0.0535. The van der Waals surface area contributed by atoms with Crippen LogP contribution in [0.2, 0.25) is 0 Å². The molecule has 2 amide bonds. The number of nitrogens with zero attached hydrogens (tertiary/aromatic N) is 1. The molecule has 1 unspecified atom stereocenters. The monoisotopic (exact) mass is 282 g/mol. The fourth-order valence-electron chi connectivity index (χ4n) is 2.78. The Hall–Kier alpha value is -1.10. The molecule has 0 spiro atoms. The SMILES string of the molecule is CCCC(=O)N1CCCC(C(=O)NCC2(CO)CC2)C1. The number of hydrogen-bond donors (Lipinski definition) is 2. The molecule has 0 aromatic heterocycles. The number of hydrogen-bond acceptors (Lipinski definition) is 3. The van der Waals surface area contributed by atoms with Crippen LogP contribution in [0.25, 0.3) is 0 Å². The fraction of sp³-hybridized carbons (Fsp3) is 0.867. The van der Waals surface area contributed by atoms with Crippen LogP contribution < -0.4 is 5.32 Å². The van der Waals surface area contributed by atoms with Crippen molar-refractivity contribution in [1.29, 1.82) is 0 Å². The zero-order valence-corrected chi connectivity index (χ0v) is 12.4. The topological polar surface area (TPSA) is 69.6 Å². The number of amides is 2. The van der Waals surface area contributed by atoms with E-state index in [0.717, 1.165) is 38.6 Å². The lowest BCUT2D eigenvalue weighted by Gasteiger charge is -2.32. The highest BCUT2D eigenvalue weighted by Crippen LogP contribution is 2.44. The number of carbonyl (C=O) groups is 2. The number of likely N-dealkylation sites (tertiary alicyclic amines) is 1. The van der Waals surface area contributed by atoms with E-state index < -0.39 is 0 Å². The van der Waals surface area contributed by atoms with Gasteiger partial charge in [0.2, 0.25) is 11.8 Å². The second-order valence-corrected chi connectivity index (χ2v) is 6.30. The average molecular weight is 282 g/mol.